The van der Waals surface area contributed by atoms with E-state index in [1.54, 1.807) is 12.3 Å². The number of ether oxygens (including phenoxy) is 1. The Morgan fingerprint density at radius 1 is 1.05 bits per heavy atom. The van der Waals surface area contributed by atoms with Crippen LogP contribution in [-0.2, 0) is 18.6 Å². The van der Waals surface area contributed by atoms with Gasteiger partial charge < -0.3 is 9.84 Å². The first kappa shape index (κ1) is 14.5. The molecule has 0 saturated carbocycles. The Hall–Kier alpha value is -1.87. The largest absolute Gasteiger partial charge is 0.487 e. The maximum Gasteiger partial charge on any atom is 0.138 e. The van der Waals surface area contributed by atoms with Crippen molar-refractivity contribution in [3.8, 4) is 5.75 Å². The van der Waals surface area contributed by atoms with Gasteiger partial charge in [0.2, 0.25) is 0 Å². The molecule has 1 aromatic carbocycles. The normalized spacial score (nSPS) is 11.4. The number of nitrogens with zero attached hydrogens (tertiary/aromatic N) is 1. The molecule has 0 aliphatic rings. The maximum absolute atomic E-state index is 8.92. The van der Waals surface area contributed by atoms with E-state index >= 15 is 0 Å². The van der Waals surface area contributed by atoms with Crippen LogP contribution >= 0.6 is 0 Å². The second-order valence-electron chi connectivity index (χ2n) is 5.88. The molecular weight excluding hydrogens is 250 g/mol. The van der Waals surface area contributed by atoms with Crippen LogP contribution in [0.4, 0.5) is 0 Å². The Morgan fingerprint density at radius 3 is 2.25 bits per heavy atom. The van der Waals surface area contributed by atoms with E-state index in [1.807, 2.05) is 6.07 Å². The van der Waals surface area contributed by atoms with Crippen molar-refractivity contribution in [1.82, 2.24) is 4.98 Å². The van der Waals surface area contributed by atoms with Crippen molar-refractivity contribution in [2.75, 3.05) is 0 Å². The zero-order chi connectivity index (χ0) is 14.6. The van der Waals surface area contributed by atoms with Crippen LogP contribution in [0.25, 0.3) is 0 Å². The minimum Gasteiger partial charge on any atom is -0.487 e. The van der Waals surface area contributed by atoms with Gasteiger partial charge in [-0.05, 0) is 28.7 Å². The molecule has 2 aromatic rings. The Bertz CT molecular complexity index is 539. The molecular formula is C17H21NO2. The molecule has 1 aromatic heterocycles. The van der Waals surface area contributed by atoms with E-state index in [1.165, 1.54) is 5.56 Å². The van der Waals surface area contributed by atoms with Gasteiger partial charge in [-0.15, -0.1) is 0 Å². The third-order valence-corrected chi connectivity index (χ3v) is 3.19. The topological polar surface area (TPSA) is 42.4 Å². The van der Waals surface area contributed by atoms with Crippen LogP contribution < -0.4 is 4.74 Å². The summed E-state index contributed by atoms with van der Waals surface area (Å²) < 4.78 is 5.67. The molecule has 0 aliphatic carbocycles. The van der Waals surface area contributed by atoms with Crippen molar-refractivity contribution in [2.45, 2.75) is 39.4 Å². The molecule has 106 valence electrons. The number of benzene rings is 1. The first-order chi connectivity index (χ1) is 9.49. The highest BCUT2D eigenvalue weighted by atomic mass is 16.5. The van der Waals surface area contributed by atoms with Crippen molar-refractivity contribution < 1.29 is 9.84 Å². The Kier molecular flexibility index (Phi) is 4.40. The molecule has 1 N–H and O–H groups in total. The van der Waals surface area contributed by atoms with Gasteiger partial charge in [-0.1, -0.05) is 45.0 Å². The fourth-order valence-corrected chi connectivity index (χ4v) is 1.86. The third kappa shape index (κ3) is 3.81. The van der Waals surface area contributed by atoms with Gasteiger partial charge in [-0.2, -0.15) is 0 Å². The number of aromatic nitrogens is 1. The van der Waals surface area contributed by atoms with Gasteiger partial charge in [0.25, 0.3) is 0 Å². The van der Waals surface area contributed by atoms with Crippen LogP contribution in [0.1, 0.15) is 37.6 Å². The second kappa shape index (κ2) is 6.06. The zero-order valence-electron chi connectivity index (χ0n) is 12.3. The molecule has 0 fully saturated rings. The lowest BCUT2D eigenvalue weighted by Crippen LogP contribution is -2.10. The molecule has 0 radical (unpaired) electrons. The molecule has 0 unspecified atom stereocenters. The smallest absolute Gasteiger partial charge is 0.138 e. The summed E-state index contributed by atoms with van der Waals surface area (Å²) in [7, 11) is 0. The van der Waals surface area contributed by atoms with E-state index in [0.717, 1.165) is 5.56 Å². The molecule has 0 amide bonds. The number of aliphatic hydroxyl groups excluding tert-OH is 1. The van der Waals surface area contributed by atoms with Gasteiger partial charge in [0.1, 0.15) is 12.4 Å². The average Bonchev–Trinajstić information content (AvgIpc) is 2.45. The summed E-state index contributed by atoms with van der Waals surface area (Å²) >= 11 is 0. The highest BCUT2D eigenvalue weighted by molar-refractivity contribution is 5.28. The second-order valence-corrected chi connectivity index (χ2v) is 5.88. The summed E-state index contributed by atoms with van der Waals surface area (Å²) in [6.45, 7) is 7.08. The summed E-state index contributed by atoms with van der Waals surface area (Å²) in [4.78, 5) is 4.08. The number of rotatable bonds is 4. The van der Waals surface area contributed by atoms with Crippen molar-refractivity contribution in [2.24, 2.45) is 0 Å². The molecule has 0 spiro atoms. The molecule has 0 saturated heterocycles. The first-order valence-electron chi connectivity index (χ1n) is 6.77. The van der Waals surface area contributed by atoms with Crippen LogP contribution in [0.2, 0.25) is 0 Å². The van der Waals surface area contributed by atoms with E-state index in [2.05, 4.69) is 50.0 Å². The monoisotopic (exact) mass is 271 g/mol. The van der Waals surface area contributed by atoms with E-state index in [4.69, 9.17) is 9.84 Å². The number of aliphatic hydroxyl groups is 1. The van der Waals surface area contributed by atoms with E-state index in [0.29, 0.717) is 18.1 Å². The molecule has 1 heterocycles. The quantitative estimate of drug-likeness (QED) is 0.926. The number of hydrogen-bond acceptors (Lipinski definition) is 3. The van der Waals surface area contributed by atoms with E-state index in [-0.39, 0.29) is 12.0 Å². The van der Waals surface area contributed by atoms with Gasteiger partial charge in [-0.3, -0.25) is 4.98 Å². The molecule has 0 aliphatic heterocycles. The Labute approximate surface area is 120 Å². The maximum atomic E-state index is 8.92. The molecule has 0 atom stereocenters. The first-order valence-corrected chi connectivity index (χ1v) is 6.77. The van der Waals surface area contributed by atoms with Crippen molar-refractivity contribution >= 4 is 0 Å². The lowest BCUT2D eigenvalue weighted by atomic mass is 9.87. The van der Waals surface area contributed by atoms with Crippen LogP contribution in [-0.4, -0.2) is 10.1 Å². The van der Waals surface area contributed by atoms with Crippen molar-refractivity contribution in [3.63, 3.8) is 0 Å². The lowest BCUT2D eigenvalue weighted by Gasteiger charge is -2.19. The van der Waals surface area contributed by atoms with Gasteiger partial charge in [0, 0.05) is 0 Å². The summed E-state index contributed by atoms with van der Waals surface area (Å²) in [5.41, 5.74) is 3.26. The van der Waals surface area contributed by atoms with Gasteiger partial charge >= 0.3 is 0 Å². The fraction of sp³-hybridized carbons (Fsp3) is 0.353. The minimum atomic E-state index is -0.0471. The molecule has 20 heavy (non-hydrogen) atoms. The Morgan fingerprint density at radius 2 is 1.75 bits per heavy atom. The van der Waals surface area contributed by atoms with Crippen LogP contribution in [0.5, 0.6) is 5.75 Å². The SMILES string of the molecule is CC(C)(C)c1ccc(COc2ccc(CO)nc2)cc1. The summed E-state index contributed by atoms with van der Waals surface area (Å²) in [5, 5.41) is 8.92. The molecule has 3 nitrogen and oxygen atoms in total. The van der Waals surface area contributed by atoms with Crippen LogP contribution in [0.3, 0.4) is 0 Å². The van der Waals surface area contributed by atoms with Crippen LogP contribution in [0, 0.1) is 0 Å². The summed E-state index contributed by atoms with van der Waals surface area (Å²) in [6, 6.07) is 12.1. The summed E-state index contributed by atoms with van der Waals surface area (Å²) in [6.07, 6.45) is 1.63. The van der Waals surface area contributed by atoms with Gasteiger partial charge in [0.05, 0.1) is 18.5 Å². The standard InChI is InChI=1S/C17H21NO2/c1-17(2,3)14-6-4-13(5-7-14)12-20-16-9-8-15(11-19)18-10-16/h4-10,19H,11-12H2,1-3H3. The number of pyridine rings is 1. The van der Waals surface area contributed by atoms with Crippen molar-refractivity contribution in [3.05, 3.63) is 59.4 Å². The predicted molar refractivity (Wildman–Crippen MR) is 79.6 cm³/mol. The fourth-order valence-electron chi connectivity index (χ4n) is 1.86. The molecule has 3 heteroatoms. The Balaban J connectivity index is 1.96. The van der Waals surface area contributed by atoms with Gasteiger partial charge in [-0.25, -0.2) is 0 Å². The highest BCUT2D eigenvalue weighted by Crippen LogP contribution is 2.22. The molecule has 0 bridgehead atoms. The summed E-state index contributed by atoms with van der Waals surface area (Å²) in [5.74, 6) is 0.710. The molecule has 2 rings (SSSR count). The van der Waals surface area contributed by atoms with E-state index < -0.39 is 0 Å². The van der Waals surface area contributed by atoms with Crippen molar-refractivity contribution in [1.29, 1.82) is 0 Å². The zero-order valence-corrected chi connectivity index (χ0v) is 12.3. The average molecular weight is 271 g/mol. The lowest BCUT2D eigenvalue weighted by molar-refractivity contribution is 0.275. The minimum absolute atomic E-state index is 0.0471. The predicted octanol–water partition coefficient (Wildman–Crippen LogP) is 3.45. The third-order valence-electron chi connectivity index (χ3n) is 3.19. The number of hydrogen-bond donors (Lipinski definition) is 1. The van der Waals surface area contributed by atoms with Gasteiger partial charge in [0.15, 0.2) is 0 Å². The van der Waals surface area contributed by atoms with Crippen LogP contribution in [0.15, 0.2) is 42.6 Å². The van der Waals surface area contributed by atoms with E-state index in [9.17, 15) is 0 Å². The highest BCUT2D eigenvalue weighted by Gasteiger charge is 2.12.